The minimum Gasteiger partial charge on any atom is -0.493 e. The molecule has 1 amide bonds. The molecule has 144 valence electrons. The molecule has 2 rings (SSSR count). The smallest absolute Gasteiger partial charge is 0.270 e. The lowest BCUT2D eigenvalue weighted by Crippen LogP contribution is -2.33. The van der Waals surface area contributed by atoms with Crippen molar-refractivity contribution in [3.8, 4) is 11.5 Å². The predicted octanol–water partition coefficient (Wildman–Crippen LogP) is 3.22. The molecule has 0 aliphatic heterocycles. The van der Waals surface area contributed by atoms with Crippen molar-refractivity contribution in [2.45, 2.75) is 6.42 Å². The van der Waals surface area contributed by atoms with Crippen LogP contribution in [0.1, 0.15) is 11.1 Å². The first-order valence-corrected chi connectivity index (χ1v) is 9.16. The van der Waals surface area contributed by atoms with E-state index < -0.39 is 0 Å². The van der Waals surface area contributed by atoms with Crippen molar-refractivity contribution in [2.75, 3.05) is 34.6 Å². The Morgan fingerprint density at radius 1 is 1.04 bits per heavy atom. The number of hydrogen-bond acceptors (Lipinski definition) is 5. The van der Waals surface area contributed by atoms with Gasteiger partial charge in [0.15, 0.2) is 11.5 Å². The maximum Gasteiger partial charge on any atom is 0.270 e. The minimum absolute atomic E-state index is 0.120. The fourth-order valence-electron chi connectivity index (χ4n) is 2.47. The zero-order chi connectivity index (χ0) is 19.6. The first kappa shape index (κ1) is 20.9. The van der Waals surface area contributed by atoms with E-state index in [2.05, 4.69) is 26.2 Å². The lowest BCUT2D eigenvalue weighted by atomic mass is 10.1. The molecule has 0 aliphatic rings. The van der Waals surface area contributed by atoms with Crippen LogP contribution < -0.4 is 14.8 Å². The van der Waals surface area contributed by atoms with Crippen LogP contribution in [0.15, 0.2) is 51.9 Å². The second kappa shape index (κ2) is 10.7. The standard InChI is InChI=1S/C20H23BrN2O4/c1-25-13-23-19(15-5-7-16(21)8-6-15)20(24)22-11-10-14-4-9-17(26-2)18(12-14)27-3/h4-9,12H,10-11,13H2,1-3H3,(H,22,24). The summed E-state index contributed by atoms with van der Waals surface area (Å²) in [5, 5.41) is 2.91. The topological polar surface area (TPSA) is 69.2 Å². The van der Waals surface area contributed by atoms with E-state index in [1.54, 1.807) is 14.2 Å². The first-order valence-electron chi connectivity index (χ1n) is 8.37. The van der Waals surface area contributed by atoms with Crippen LogP contribution in [-0.2, 0) is 16.0 Å². The largest absolute Gasteiger partial charge is 0.493 e. The summed E-state index contributed by atoms with van der Waals surface area (Å²) in [5.74, 6) is 1.10. The Bertz CT molecular complexity index is 791. The average Bonchev–Trinajstić information content (AvgIpc) is 2.69. The number of nitrogens with zero attached hydrogens (tertiary/aromatic N) is 1. The molecule has 6 nitrogen and oxygen atoms in total. The van der Waals surface area contributed by atoms with E-state index in [1.807, 2.05) is 42.5 Å². The number of halogens is 1. The van der Waals surface area contributed by atoms with Crippen LogP contribution in [0, 0.1) is 0 Å². The maximum atomic E-state index is 12.6. The number of carbonyl (C=O) groups excluding carboxylic acids is 1. The lowest BCUT2D eigenvalue weighted by Gasteiger charge is -2.11. The molecule has 0 aliphatic carbocycles. The van der Waals surface area contributed by atoms with Crippen molar-refractivity contribution < 1.29 is 19.0 Å². The van der Waals surface area contributed by atoms with Crippen LogP contribution in [0.2, 0.25) is 0 Å². The van der Waals surface area contributed by atoms with Gasteiger partial charge in [-0.25, -0.2) is 0 Å². The molecule has 0 fully saturated rings. The Hall–Kier alpha value is -2.38. The highest BCUT2D eigenvalue weighted by atomic mass is 79.9. The molecule has 0 spiro atoms. The number of benzene rings is 2. The lowest BCUT2D eigenvalue weighted by molar-refractivity contribution is -0.114. The van der Waals surface area contributed by atoms with Gasteiger partial charge < -0.3 is 19.5 Å². The highest BCUT2D eigenvalue weighted by Gasteiger charge is 2.14. The van der Waals surface area contributed by atoms with Gasteiger partial charge in [0.25, 0.3) is 5.91 Å². The summed E-state index contributed by atoms with van der Waals surface area (Å²) in [4.78, 5) is 16.8. The van der Waals surface area contributed by atoms with Crippen LogP contribution in [0.25, 0.3) is 0 Å². The van der Waals surface area contributed by atoms with E-state index in [-0.39, 0.29) is 12.6 Å². The van der Waals surface area contributed by atoms with E-state index in [0.717, 1.165) is 15.6 Å². The van der Waals surface area contributed by atoms with Gasteiger partial charge in [-0.2, -0.15) is 0 Å². The average molecular weight is 435 g/mol. The number of carbonyl (C=O) groups is 1. The first-order chi connectivity index (χ1) is 13.1. The van der Waals surface area contributed by atoms with E-state index in [9.17, 15) is 4.79 Å². The molecule has 0 atom stereocenters. The van der Waals surface area contributed by atoms with Crippen LogP contribution in [-0.4, -0.2) is 46.2 Å². The number of amides is 1. The summed E-state index contributed by atoms with van der Waals surface area (Å²) < 4.78 is 16.5. The Morgan fingerprint density at radius 2 is 1.74 bits per heavy atom. The van der Waals surface area contributed by atoms with Crippen LogP contribution in [0.4, 0.5) is 0 Å². The van der Waals surface area contributed by atoms with Gasteiger partial charge in [-0.15, -0.1) is 0 Å². The monoisotopic (exact) mass is 434 g/mol. The molecule has 0 radical (unpaired) electrons. The number of hydrogen-bond donors (Lipinski definition) is 1. The van der Waals surface area contributed by atoms with Crippen molar-refractivity contribution in [1.82, 2.24) is 5.32 Å². The molecule has 0 bridgehead atoms. The SMILES string of the molecule is COCN=C(C(=O)NCCc1ccc(OC)c(OC)c1)c1ccc(Br)cc1. The van der Waals surface area contributed by atoms with E-state index in [1.165, 1.54) is 7.11 Å². The summed E-state index contributed by atoms with van der Waals surface area (Å²) in [6, 6.07) is 13.1. The predicted molar refractivity (Wildman–Crippen MR) is 109 cm³/mol. The van der Waals surface area contributed by atoms with E-state index in [4.69, 9.17) is 14.2 Å². The molecule has 0 unspecified atom stereocenters. The molecule has 0 aromatic heterocycles. The summed E-state index contributed by atoms with van der Waals surface area (Å²) in [6.07, 6.45) is 0.657. The molecule has 2 aromatic rings. The third-order valence-electron chi connectivity index (χ3n) is 3.83. The van der Waals surface area contributed by atoms with Crippen molar-refractivity contribution in [1.29, 1.82) is 0 Å². The quantitative estimate of drug-likeness (QED) is 0.615. The Labute approximate surface area is 167 Å². The molecule has 1 N–H and O–H groups in total. The van der Waals surface area contributed by atoms with Gasteiger partial charge in [0.1, 0.15) is 12.4 Å². The van der Waals surface area contributed by atoms with Gasteiger partial charge in [-0.3, -0.25) is 9.79 Å². The molecular weight excluding hydrogens is 412 g/mol. The molecule has 7 heteroatoms. The Kier molecular flexibility index (Phi) is 8.29. The number of nitrogens with one attached hydrogen (secondary N) is 1. The molecule has 0 heterocycles. The minimum atomic E-state index is -0.241. The number of ether oxygens (including phenoxy) is 3. The molecule has 2 aromatic carbocycles. The van der Waals surface area contributed by atoms with Crippen molar-refractivity contribution in [3.05, 3.63) is 58.1 Å². The number of rotatable bonds is 9. The van der Waals surface area contributed by atoms with Gasteiger partial charge in [-0.1, -0.05) is 34.1 Å². The third-order valence-corrected chi connectivity index (χ3v) is 4.36. The van der Waals surface area contributed by atoms with Crippen LogP contribution >= 0.6 is 15.9 Å². The van der Waals surface area contributed by atoms with E-state index >= 15 is 0 Å². The Morgan fingerprint density at radius 3 is 2.37 bits per heavy atom. The number of methoxy groups -OCH3 is 3. The van der Waals surface area contributed by atoms with Crippen molar-refractivity contribution in [2.24, 2.45) is 4.99 Å². The van der Waals surface area contributed by atoms with E-state index in [0.29, 0.717) is 30.2 Å². The Balaban J connectivity index is 2.02. The third kappa shape index (κ3) is 6.08. The normalized spacial score (nSPS) is 11.2. The van der Waals surface area contributed by atoms with Gasteiger partial charge in [0, 0.05) is 23.7 Å². The highest BCUT2D eigenvalue weighted by Crippen LogP contribution is 2.27. The summed E-state index contributed by atoms with van der Waals surface area (Å²) in [6.45, 7) is 0.589. The van der Waals surface area contributed by atoms with Crippen LogP contribution in [0.5, 0.6) is 11.5 Å². The van der Waals surface area contributed by atoms with Gasteiger partial charge in [0.05, 0.1) is 14.2 Å². The fraction of sp³-hybridized carbons (Fsp3) is 0.300. The highest BCUT2D eigenvalue weighted by molar-refractivity contribution is 9.10. The van der Waals surface area contributed by atoms with Crippen LogP contribution in [0.3, 0.4) is 0 Å². The zero-order valence-electron chi connectivity index (χ0n) is 15.6. The molecule has 27 heavy (non-hydrogen) atoms. The molecule has 0 saturated heterocycles. The summed E-state index contributed by atoms with van der Waals surface area (Å²) in [7, 11) is 4.73. The summed E-state index contributed by atoms with van der Waals surface area (Å²) in [5.41, 5.74) is 2.11. The fourth-order valence-corrected chi connectivity index (χ4v) is 2.74. The maximum absolute atomic E-state index is 12.6. The molecular formula is C20H23BrN2O4. The van der Waals surface area contributed by atoms with Gasteiger partial charge in [-0.05, 0) is 36.2 Å². The van der Waals surface area contributed by atoms with Crippen molar-refractivity contribution in [3.63, 3.8) is 0 Å². The number of aliphatic imine (C=N–C) groups is 1. The molecule has 0 saturated carbocycles. The van der Waals surface area contributed by atoms with Crippen molar-refractivity contribution >= 4 is 27.5 Å². The van der Waals surface area contributed by atoms with Gasteiger partial charge in [0.2, 0.25) is 0 Å². The van der Waals surface area contributed by atoms with Gasteiger partial charge >= 0.3 is 0 Å². The summed E-state index contributed by atoms with van der Waals surface area (Å²) >= 11 is 3.39. The second-order valence-corrected chi connectivity index (χ2v) is 6.54. The zero-order valence-corrected chi connectivity index (χ0v) is 17.2. The second-order valence-electron chi connectivity index (χ2n) is 5.63.